The molecule has 0 bridgehead atoms. The summed E-state index contributed by atoms with van der Waals surface area (Å²) in [6, 6.07) is -0.611. The van der Waals surface area contributed by atoms with E-state index in [2.05, 4.69) is 15.2 Å². The summed E-state index contributed by atoms with van der Waals surface area (Å²) in [4.78, 5) is 3.42. The van der Waals surface area contributed by atoms with Crippen molar-refractivity contribution in [3.8, 4) is 0 Å². The van der Waals surface area contributed by atoms with Crippen LogP contribution >= 0.6 is 0 Å². The van der Waals surface area contributed by atoms with Crippen LogP contribution in [0, 0.1) is 11.6 Å². The summed E-state index contributed by atoms with van der Waals surface area (Å²) in [5.41, 5.74) is 10.5. The molecule has 0 radical (unpaired) electrons. The number of allylic oxidation sites excluding steroid dienone is 2. The summed E-state index contributed by atoms with van der Waals surface area (Å²) in [6.45, 7) is 0. The predicted octanol–water partition coefficient (Wildman–Crippen LogP) is 1.27. The minimum Gasteiger partial charge on any atom is -0.384 e. The molecule has 6 nitrogen and oxygen atoms in total. The molecule has 0 fully saturated rings. The largest absolute Gasteiger partial charge is 0.384 e. The summed E-state index contributed by atoms with van der Waals surface area (Å²) < 4.78 is 52.3. The van der Waals surface area contributed by atoms with E-state index in [9.17, 15) is 17.7 Å². The Morgan fingerprint density at radius 2 is 1.95 bits per heavy atom. The number of rotatable bonds is 3. The smallest absolute Gasteiger partial charge is 0.175 e. The van der Waals surface area contributed by atoms with E-state index in [-0.39, 0.29) is 11.0 Å². The maximum absolute atomic E-state index is 13.4. The molecule has 0 spiro atoms. The first-order valence-electron chi connectivity index (χ1n) is 5.86. The van der Waals surface area contributed by atoms with E-state index >= 15 is 0 Å². The molecule has 2 heterocycles. The van der Waals surface area contributed by atoms with Crippen molar-refractivity contribution in [3.05, 3.63) is 53.8 Å². The number of aromatic nitrogens is 1. The third-order valence-electron chi connectivity index (χ3n) is 2.58. The molecule has 0 amide bonds. The molecule has 1 aromatic rings. The standard InChI is InChI=1S/C12H10F4N6/c13-6-1-2-9(22(16)5-6)11(17)20-21-12(18)10-8(15)3-7(14)4-19-10/h1-5,9H,(H2,17,20)(H2,18,21). The van der Waals surface area contributed by atoms with Gasteiger partial charge in [-0.15, -0.1) is 10.2 Å². The number of nitrogens with two attached hydrogens (primary N) is 2. The van der Waals surface area contributed by atoms with Gasteiger partial charge in [0.2, 0.25) is 0 Å². The van der Waals surface area contributed by atoms with Gasteiger partial charge in [0, 0.05) is 6.07 Å². The monoisotopic (exact) mass is 314 g/mol. The molecular formula is C12H10F4N6. The van der Waals surface area contributed by atoms with Gasteiger partial charge in [0.1, 0.15) is 23.4 Å². The lowest BCUT2D eigenvalue weighted by atomic mass is 10.2. The molecule has 1 aliphatic heterocycles. The highest BCUT2D eigenvalue weighted by molar-refractivity contribution is 5.96. The van der Waals surface area contributed by atoms with Gasteiger partial charge in [-0.05, 0) is 12.2 Å². The van der Waals surface area contributed by atoms with Gasteiger partial charge in [-0.2, -0.15) is 0 Å². The van der Waals surface area contributed by atoms with Crippen LogP contribution < -0.4 is 11.5 Å². The number of amidine groups is 2. The maximum atomic E-state index is 13.4. The predicted molar refractivity (Wildman–Crippen MR) is 71.6 cm³/mol. The van der Waals surface area contributed by atoms with Crippen molar-refractivity contribution in [2.24, 2.45) is 21.7 Å². The molecular weight excluding hydrogens is 304 g/mol. The van der Waals surface area contributed by atoms with E-state index in [4.69, 9.17) is 11.5 Å². The fourth-order valence-electron chi connectivity index (χ4n) is 1.55. The van der Waals surface area contributed by atoms with Crippen LogP contribution in [0.2, 0.25) is 0 Å². The Morgan fingerprint density at radius 3 is 2.59 bits per heavy atom. The van der Waals surface area contributed by atoms with Gasteiger partial charge >= 0.3 is 0 Å². The molecule has 1 atom stereocenters. The van der Waals surface area contributed by atoms with Gasteiger partial charge < -0.3 is 11.5 Å². The van der Waals surface area contributed by atoms with Gasteiger partial charge in [0.25, 0.3) is 0 Å². The third-order valence-corrected chi connectivity index (χ3v) is 2.58. The summed E-state index contributed by atoms with van der Waals surface area (Å²) in [5.74, 6) is -3.55. The molecule has 1 aromatic heterocycles. The lowest BCUT2D eigenvalue weighted by Crippen LogP contribution is -2.37. The summed E-state index contributed by atoms with van der Waals surface area (Å²) in [7, 11) is 0. The number of nitrogens with zero attached hydrogens (tertiary/aromatic N) is 4. The molecule has 2 rings (SSSR count). The van der Waals surface area contributed by atoms with E-state index in [1.165, 1.54) is 0 Å². The van der Waals surface area contributed by atoms with Crippen molar-refractivity contribution < 1.29 is 17.7 Å². The van der Waals surface area contributed by atoms with E-state index in [0.717, 1.165) is 18.3 Å². The fraction of sp³-hybridized carbons (Fsp3) is 0.0833. The minimum absolute atomic E-state index is 0.0173. The highest BCUT2D eigenvalue weighted by Gasteiger charge is 2.21. The van der Waals surface area contributed by atoms with Gasteiger partial charge in [-0.25, -0.2) is 23.3 Å². The van der Waals surface area contributed by atoms with Crippen LogP contribution in [0.15, 0.2) is 46.6 Å². The molecule has 116 valence electrons. The molecule has 10 heteroatoms. The van der Waals surface area contributed by atoms with Crippen LogP contribution in [-0.2, 0) is 0 Å². The molecule has 0 aromatic carbocycles. The Balaban J connectivity index is 2.20. The lowest BCUT2D eigenvalue weighted by Gasteiger charge is -2.20. The van der Waals surface area contributed by atoms with Gasteiger partial charge in [-0.3, -0.25) is 0 Å². The first-order valence-corrected chi connectivity index (χ1v) is 5.86. The topological polar surface area (TPSA) is 92.9 Å². The third kappa shape index (κ3) is 3.40. The molecule has 0 saturated heterocycles. The van der Waals surface area contributed by atoms with Crippen molar-refractivity contribution in [1.82, 2.24) is 10.1 Å². The lowest BCUT2D eigenvalue weighted by molar-refractivity contribution is 0.0779. The van der Waals surface area contributed by atoms with Crippen LogP contribution in [-0.4, -0.2) is 27.8 Å². The van der Waals surface area contributed by atoms with Gasteiger partial charge in [-0.1, -0.05) is 4.48 Å². The molecule has 4 N–H and O–H groups in total. The highest BCUT2D eigenvalue weighted by Crippen LogP contribution is 2.15. The highest BCUT2D eigenvalue weighted by atomic mass is 19.2. The van der Waals surface area contributed by atoms with Gasteiger partial charge in [0.15, 0.2) is 17.5 Å². The van der Waals surface area contributed by atoms with E-state index in [1.54, 1.807) is 0 Å². The second-order valence-corrected chi connectivity index (χ2v) is 4.16. The number of hydrogen-bond acceptors (Lipinski definition) is 4. The number of halogens is 4. The van der Waals surface area contributed by atoms with Crippen molar-refractivity contribution >= 4 is 11.7 Å². The van der Waals surface area contributed by atoms with E-state index in [0.29, 0.717) is 12.3 Å². The zero-order valence-electron chi connectivity index (χ0n) is 10.9. The molecule has 0 aliphatic carbocycles. The van der Waals surface area contributed by atoms with Crippen LogP contribution in [0.1, 0.15) is 5.69 Å². The molecule has 1 unspecified atom stereocenters. The van der Waals surface area contributed by atoms with Crippen LogP contribution in [0.25, 0.3) is 0 Å². The van der Waals surface area contributed by atoms with Crippen LogP contribution in [0.4, 0.5) is 17.7 Å². The average Bonchev–Trinajstić information content (AvgIpc) is 2.44. The average molecular weight is 314 g/mol. The molecule has 22 heavy (non-hydrogen) atoms. The van der Waals surface area contributed by atoms with Crippen molar-refractivity contribution in [2.75, 3.05) is 0 Å². The number of pyridine rings is 1. The SMILES string of the molecule is N/C(=N\N=C(/N)C1C=CC(F)=CN1F)c1ncc(F)cc1F. The maximum Gasteiger partial charge on any atom is 0.175 e. The Bertz CT molecular complexity index is 697. The molecule has 0 saturated carbocycles. The Kier molecular flexibility index (Phi) is 4.39. The Hall–Kier alpha value is -2.91. The van der Waals surface area contributed by atoms with Crippen molar-refractivity contribution in [3.63, 3.8) is 0 Å². The fourth-order valence-corrected chi connectivity index (χ4v) is 1.55. The number of hydrogen-bond donors (Lipinski definition) is 2. The summed E-state index contributed by atoms with van der Waals surface area (Å²) in [6.07, 6.45) is 3.42. The van der Waals surface area contributed by atoms with E-state index < -0.39 is 35.0 Å². The quantitative estimate of drug-likeness (QED) is 0.289. The van der Waals surface area contributed by atoms with Crippen molar-refractivity contribution in [1.29, 1.82) is 0 Å². The van der Waals surface area contributed by atoms with Gasteiger partial charge in [0.05, 0.1) is 12.4 Å². The van der Waals surface area contributed by atoms with Crippen LogP contribution in [0.5, 0.6) is 0 Å². The first kappa shape index (κ1) is 15.5. The second kappa shape index (κ2) is 6.24. The summed E-state index contributed by atoms with van der Waals surface area (Å²) in [5, 5.41) is 6.82. The van der Waals surface area contributed by atoms with Crippen LogP contribution in [0.3, 0.4) is 0 Å². The zero-order valence-corrected chi connectivity index (χ0v) is 10.9. The second-order valence-electron chi connectivity index (χ2n) is 4.16. The normalized spacial score (nSPS) is 19.4. The summed E-state index contributed by atoms with van der Waals surface area (Å²) >= 11 is 0. The first-order chi connectivity index (χ1) is 10.4. The Morgan fingerprint density at radius 1 is 1.23 bits per heavy atom. The minimum atomic E-state index is -1.18. The zero-order chi connectivity index (χ0) is 16.3. The van der Waals surface area contributed by atoms with E-state index in [1.807, 2.05) is 0 Å². The molecule has 1 aliphatic rings. The van der Waals surface area contributed by atoms with Crippen molar-refractivity contribution in [2.45, 2.75) is 6.04 Å². The Labute approximate surface area is 122 Å².